The SMILES string of the molecule is Nc1nc(=S)n(C2OC(CO)C(OP(=O)(O)O)C2[N+](=O)[O-])cc1O. The maximum absolute atomic E-state index is 11.4. The number of hydrogen-bond acceptors (Lipinski definition) is 10. The number of hydrogen-bond donors (Lipinski definition) is 5. The molecule has 13 nitrogen and oxygen atoms in total. The highest BCUT2D eigenvalue weighted by Gasteiger charge is 2.56. The highest BCUT2D eigenvalue weighted by molar-refractivity contribution is 7.71. The third-order valence-electron chi connectivity index (χ3n) is 3.23. The molecule has 6 N–H and O–H groups in total. The van der Waals surface area contributed by atoms with E-state index in [1.165, 1.54) is 0 Å². The van der Waals surface area contributed by atoms with Crippen LogP contribution < -0.4 is 5.73 Å². The summed E-state index contributed by atoms with van der Waals surface area (Å²) in [5.74, 6) is -0.845. The minimum atomic E-state index is -5.11. The fourth-order valence-corrected chi connectivity index (χ4v) is 3.10. The Morgan fingerprint density at radius 2 is 2.21 bits per heavy atom. The maximum Gasteiger partial charge on any atom is 0.470 e. The first kappa shape index (κ1) is 18.7. The zero-order chi connectivity index (χ0) is 18.2. The van der Waals surface area contributed by atoms with Gasteiger partial charge in [-0.2, -0.15) is 4.98 Å². The molecular weight excluding hydrogens is 371 g/mol. The Balaban J connectivity index is 2.50. The van der Waals surface area contributed by atoms with Crippen molar-refractivity contribution in [2.24, 2.45) is 0 Å². The lowest BCUT2D eigenvalue weighted by molar-refractivity contribution is -0.540. The Labute approximate surface area is 138 Å². The van der Waals surface area contributed by atoms with Crippen LogP contribution in [0.4, 0.5) is 5.82 Å². The van der Waals surface area contributed by atoms with Crippen molar-refractivity contribution in [2.45, 2.75) is 24.5 Å². The Hall–Kier alpha value is -1.67. The second kappa shape index (κ2) is 6.68. The standard InChI is InChI=1S/C9H13N4O9PS/c10-7-3(15)1-12(9(24)11-7)8-5(13(16)17)6(4(2-14)21-8)22-23(18,19)20/h1,4-6,8,14-15H,2H2,(H2,10,11,24)(H2,18,19,20). The second-order valence-electron chi connectivity index (χ2n) is 4.79. The van der Waals surface area contributed by atoms with Gasteiger partial charge in [-0.15, -0.1) is 0 Å². The number of nitrogen functional groups attached to an aromatic ring is 1. The predicted molar refractivity (Wildman–Crippen MR) is 77.8 cm³/mol. The summed E-state index contributed by atoms with van der Waals surface area (Å²) >= 11 is 4.90. The van der Waals surface area contributed by atoms with Gasteiger partial charge in [-0.3, -0.25) is 19.2 Å². The zero-order valence-electron chi connectivity index (χ0n) is 11.7. The van der Waals surface area contributed by atoms with Crippen LogP contribution >= 0.6 is 20.0 Å². The van der Waals surface area contributed by atoms with Crippen LogP contribution in [0.3, 0.4) is 0 Å². The Bertz CT molecular complexity index is 751. The van der Waals surface area contributed by atoms with E-state index in [0.717, 1.165) is 10.8 Å². The molecule has 4 atom stereocenters. The lowest BCUT2D eigenvalue weighted by atomic mass is 10.1. The van der Waals surface area contributed by atoms with Gasteiger partial charge in [-0.05, 0) is 12.2 Å². The average molecular weight is 384 g/mol. The van der Waals surface area contributed by atoms with E-state index in [-0.39, 0.29) is 10.6 Å². The largest absolute Gasteiger partial charge is 0.503 e. The number of aromatic nitrogens is 2. The topological polar surface area (TPSA) is 203 Å². The number of anilines is 1. The first-order valence-corrected chi connectivity index (χ1v) is 8.20. The number of nitrogens with zero attached hydrogens (tertiary/aromatic N) is 3. The first-order valence-electron chi connectivity index (χ1n) is 6.26. The summed E-state index contributed by atoms with van der Waals surface area (Å²) in [6.45, 7) is -0.812. The molecule has 0 spiro atoms. The number of nitrogens with two attached hydrogens (primary N) is 1. The van der Waals surface area contributed by atoms with E-state index in [0.29, 0.717) is 0 Å². The summed E-state index contributed by atoms with van der Waals surface area (Å²) in [6, 6.07) is -1.84. The first-order chi connectivity index (χ1) is 11.0. The fraction of sp³-hybridized carbons (Fsp3) is 0.556. The van der Waals surface area contributed by atoms with Crippen molar-refractivity contribution in [2.75, 3.05) is 12.3 Å². The van der Waals surface area contributed by atoms with Gasteiger partial charge >= 0.3 is 7.82 Å². The van der Waals surface area contributed by atoms with Gasteiger partial charge in [0, 0.05) is 4.92 Å². The van der Waals surface area contributed by atoms with Crippen LogP contribution in [-0.4, -0.2) is 59.3 Å². The molecule has 1 aliphatic rings. The molecule has 1 fully saturated rings. The molecule has 0 aliphatic carbocycles. The summed E-state index contributed by atoms with van der Waals surface area (Å²) in [6.07, 6.45) is -3.79. The molecular formula is C9H13N4O9PS. The van der Waals surface area contributed by atoms with Gasteiger partial charge in [0.05, 0.1) is 12.8 Å². The molecule has 0 saturated carbocycles. The fourth-order valence-electron chi connectivity index (χ4n) is 2.26. The zero-order valence-corrected chi connectivity index (χ0v) is 13.4. The predicted octanol–water partition coefficient (Wildman–Crippen LogP) is -1.09. The van der Waals surface area contributed by atoms with E-state index in [2.05, 4.69) is 9.51 Å². The van der Waals surface area contributed by atoms with E-state index < -0.39 is 49.6 Å². The molecule has 24 heavy (non-hydrogen) atoms. The van der Waals surface area contributed by atoms with E-state index in [9.17, 15) is 24.9 Å². The normalized spacial score (nSPS) is 27.3. The quantitative estimate of drug-likeness (QED) is 0.178. The number of ether oxygens (including phenoxy) is 1. The number of aliphatic hydroxyl groups is 1. The van der Waals surface area contributed by atoms with Crippen LogP contribution in [0, 0.1) is 14.9 Å². The van der Waals surface area contributed by atoms with Crippen LogP contribution in [0.2, 0.25) is 0 Å². The van der Waals surface area contributed by atoms with Crippen LogP contribution in [0.15, 0.2) is 6.20 Å². The molecule has 0 bridgehead atoms. The minimum absolute atomic E-state index is 0.282. The van der Waals surface area contributed by atoms with Gasteiger partial charge in [0.2, 0.25) is 11.0 Å². The molecule has 2 rings (SSSR count). The van der Waals surface area contributed by atoms with Crippen molar-refractivity contribution in [1.82, 2.24) is 9.55 Å². The molecule has 1 aromatic rings. The molecule has 1 saturated heterocycles. The number of aliphatic hydroxyl groups excluding tert-OH is 1. The van der Waals surface area contributed by atoms with Crippen molar-refractivity contribution in [3.63, 3.8) is 0 Å². The van der Waals surface area contributed by atoms with Crippen molar-refractivity contribution < 1.29 is 38.7 Å². The van der Waals surface area contributed by atoms with E-state index in [4.69, 9.17) is 32.5 Å². The lowest BCUT2D eigenvalue weighted by Gasteiger charge is -2.19. The summed E-state index contributed by atoms with van der Waals surface area (Å²) in [4.78, 5) is 31.9. The second-order valence-corrected chi connectivity index (χ2v) is 6.34. The lowest BCUT2D eigenvalue weighted by Crippen LogP contribution is -2.40. The highest BCUT2D eigenvalue weighted by Crippen LogP contribution is 2.44. The molecule has 4 unspecified atom stereocenters. The molecule has 0 radical (unpaired) electrons. The summed E-state index contributed by atoms with van der Waals surface area (Å²) in [7, 11) is -5.11. The summed E-state index contributed by atoms with van der Waals surface area (Å²) < 4.78 is 21.3. The molecule has 0 amide bonds. The third kappa shape index (κ3) is 3.70. The maximum atomic E-state index is 11.4. The third-order valence-corrected chi connectivity index (χ3v) is 4.05. The van der Waals surface area contributed by atoms with Gasteiger partial charge in [0.25, 0.3) is 6.04 Å². The van der Waals surface area contributed by atoms with Crippen LogP contribution in [0.25, 0.3) is 0 Å². The number of phosphoric ester groups is 1. The molecule has 1 aromatic heterocycles. The van der Waals surface area contributed by atoms with Crippen LogP contribution in [0.5, 0.6) is 5.75 Å². The van der Waals surface area contributed by atoms with Crippen molar-refractivity contribution >= 4 is 25.9 Å². The van der Waals surface area contributed by atoms with E-state index in [1.54, 1.807) is 0 Å². The van der Waals surface area contributed by atoms with Gasteiger partial charge in [0.15, 0.2) is 17.7 Å². The molecule has 1 aliphatic heterocycles. The molecule has 2 heterocycles. The number of aromatic hydroxyl groups is 1. The van der Waals surface area contributed by atoms with Gasteiger partial charge < -0.3 is 30.5 Å². The van der Waals surface area contributed by atoms with Crippen molar-refractivity contribution in [3.05, 3.63) is 21.1 Å². The van der Waals surface area contributed by atoms with Crippen LogP contribution in [0.1, 0.15) is 6.23 Å². The average Bonchev–Trinajstić information content (AvgIpc) is 2.79. The van der Waals surface area contributed by atoms with Crippen molar-refractivity contribution in [1.29, 1.82) is 0 Å². The number of phosphoric acid groups is 1. The number of rotatable bonds is 5. The van der Waals surface area contributed by atoms with E-state index in [1.807, 2.05) is 0 Å². The summed E-state index contributed by atoms with van der Waals surface area (Å²) in [5, 5.41) is 30.2. The molecule has 0 aromatic carbocycles. The van der Waals surface area contributed by atoms with Gasteiger partial charge in [0.1, 0.15) is 6.10 Å². The molecule has 134 valence electrons. The van der Waals surface area contributed by atoms with E-state index >= 15 is 0 Å². The Morgan fingerprint density at radius 1 is 1.58 bits per heavy atom. The Kier molecular flexibility index (Phi) is 5.19. The number of nitro groups is 1. The summed E-state index contributed by atoms with van der Waals surface area (Å²) in [5.41, 5.74) is 5.36. The monoisotopic (exact) mass is 384 g/mol. The minimum Gasteiger partial charge on any atom is -0.503 e. The van der Waals surface area contributed by atoms with Gasteiger partial charge in [-0.25, -0.2) is 4.57 Å². The van der Waals surface area contributed by atoms with Gasteiger partial charge in [-0.1, -0.05) is 0 Å². The van der Waals surface area contributed by atoms with Crippen LogP contribution in [-0.2, 0) is 13.8 Å². The Morgan fingerprint density at radius 3 is 2.71 bits per heavy atom. The molecule has 15 heteroatoms. The highest BCUT2D eigenvalue weighted by atomic mass is 32.1. The van der Waals surface area contributed by atoms with Crippen molar-refractivity contribution in [3.8, 4) is 5.75 Å². The smallest absolute Gasteiger partial charge is 0.470 e.